The van der Waals surface area contributed by atoms with Crippen molar-refractivity contribution >= 4 is 15.7 Å². The second-order valence-corrected chi connectivity index (χ2v) is 9.47. The van der Waals surface area contributed by atoms with Crippen molar-refractivity contribution in [1.82, 2.24) is 20.0 Å². The fourth-order valence-electron chi connectivity index (χ4n) is 4.37. The van der Waals surface area contributed by atoms with Crippen molar-refractivity contribution < 1.29 is 22.3 Å². The van der Waals surface area contributed by atoms with E-state index >= 15 is 0 Å². The summed E-state index contributed by atoms with van der Waals surface area (Å²) < 4.78 is 47.4. The number of nitrogens with one attached hydrogen (secondary N) is 1. The van der Waals surface area contributed by atoms with E-state index in [1.54, 1.807) is 15.6 Å². The minimum Gasteiger partial charge on any atom is -0.378 e. The molecule has 154 valence electrons. The maximum atomic E-state index is 14.5. The van der Waals surface area contributed by atoms with E-state index in [1.165, 1.54) is 6.07 Å². The molecule has 2 fully saturated rings. The lowest BCUT2D eigenvalue weighted by Gasteiger charge is -2.26. The standard InChI is InChI=1S/C19H21FN4O4S/c20-15-3-1-2-13-17-14(11-29(26,27)18(13)15)16(19(25)23-6-8-28-9-7-23)22-24(17)12-4-5-21-10-12/h1-3,12,21H,4-11H2. The van der Waals surface area contributed by atoms with Crippen LogP contribution in [0.25, 0.3) is 11.3 Å². The van der Waals surface area contributed by atoms with Crippen molar-refractivity contribution in [2.45, 2.75) is 23.1 Å². The van der Waals surface area contributed by atoms with Gasteiger partial charge in [0.25, 0.3) is 5.91 Å². The SMILES string of the molecule is O=C(c1nn(C2CCNC2)c2c1CS(=O)(=O)c1c(F)cccc1-2)N1CCOCC1. The Morgan fingerprint density at radius 2 is 2.07 bits per heavy atom. The summed E-state index contributed by atoms with van der Waals surface area (Å²) in [6, 6.07) is 4.22. The predicted molar refractivity (Wildman–Crippen MR) is 102 cm³/mol. The van der Waals surface area contributed by atoms with Crippen LogP contribution in [0.2, 0.25) is 0 Å². The van der Waals surface area contributed by atoms with Gasteiger partial charge in [0.05, 0.1) is 30.7 Å². The lowest BCUT2D eigenvalue weighted by molar-refractivity contribution is 0.0297. The molecule has 0 bridgehead atoms. The van der Waals surface area contributed by atoms with Crippen LogP contribution in [0.4, 0.5) is 4.39 Å². The van der Waals surface area contributed by atoms with Crippen molar-refractivity contribution in [2.75, 3.05) is 39.4 Å². The Balaban J connectivity index is 1.72. The summed E-state index contributed by atoms with van der Waals surface area (Å²) in [5.74, 6) is -1.50. The normalized spacial score (nSPS) is 22.9. The first-order valence-electron chi connectivity index (χ1n) is 9.68. The second-order valence-electron chi connectivity index (χ2n) is 7.55. The number of hydrogen-bond acceptors (Lipinski definition) is 6. The molecular weight excluding hydrogens is 399 g/mol. The number of aromatic nitrogens is 2. The van der Waals surface area contributed by atoms with Crippen molar-refractivity contribution in [3.8, 4) is 11.3 Å². The number of ether oxygens (including phenoxy) is 1. The first kappa shape index (κ1) is 18.7. The molecule has 0 radical (unpaired) electrons. The molecule has 3 aliphatic rings. The van der Waals surface area contributed by atoms with Crippen LogP contribution >= 0.6 is 0 Å². The lowest BCUT2D eigenvalue weighted by Crippen LogP contribution is -2.41. The molecule has 8 nitrogen and oxygen atoms in total. The Labute approximate surface area is 167 Å². The molecule has 1 atom stereocenters. The maximum Gasteiger partial charge on any atom is 0.274 e. The number of halogens is 1. The van der Waals surface area contributed by atoms with E-state index in [4.69, 9.17) is 4.74 Å². The highest BCUT2D eigenvalue weighted by molar-refractivity contribution is 7.91. The van der Waals surface area contributed by atoms with E-state index in [-0.39, 0.29) is 28.1 Å². The number of benzene rings is 1. The zero-order chi connectivity index (χ0) is 20.2. The average molecular weight is 420 g/mol. The number of morpholine rings is 1. The van der Waals surface area contributed by atoms with E-state index in [2.05, 4.69) is 10.4 Å². The summed E-state index contributed by atoms with van der Waals surface area (Å²) >= 11 is 0. The Hall–Kier alpha value is -2.30. The zero-order valence-electron chi connectivity index (χ0n) is 15.7. The minimum atomic E-state index is -3.92. The van der Waals surface area contributed by atoms with Crippen LogP contribution in [0.15, 0.2) is 23.1 Å². The molecule has 5 rings (SSSR count). The van der Waals surface area contributed by atoms with Crippen molar-refractivity contribution in [2.24, 2.45) is 0 Å². The molecule has 2 aromatic rings. The molecule has 10 heteroatoms. The van der Waals surface area contributed by atoms with Crippen LogP contribution < -0.4 is 5.32 Å². The number of fused-ring (bicyclic) bond motifs is 3. The van der Waals surface area contributed by atoms with Gasteiger partial charge in [0, 0.05) is 30.8 Å². The Kier molecular flexibility index (Phi) is 4.45. The van der Waals surface area contributed by atoms with Crippen molar-refractivity contribution in [1.29, 1.82) is 0 Å². The van der Waals surface area contributed by atoms with Crippen LogP contribution in [-0.2, 0) is 20.3 Å². The van der Waals surface area contributed by atoms with Gasteiger partial charge in [0.15, 0.2) is 15.5 Å². The molecule has 0 aliphatic carbocycles. The first-order valence-corrected chi connectivity index (χ1v) is 11.3. The largest absolute Gasteiger partial charge is 0.378 e. The van der Waals surface area contributed by atoms with Gasteiger partial charge in [-0.1, -0.05) is 12.1 Å². The molecule has 29 heavy (non-hydrogen) atoms. The Morgan fingerprint density at radius 1 is 1.28 bits per heavy atom. The van der Waals surface area contributed by atoms with Gasteiger partial charge in [-0.05, 0) is 19.0 Å². The van der Waals surface area contributed by atoms with Gasteiger partial charge in [-0.15, -0.1) is 0 Å². The summed E-state index contributed by atoms with van der Waals surface area (Å²) in [6.45, 7) is 3.21. The monoisotopic (exact) mass is 420 g/mol. The van der Waals surface area contributed by atoms with Gasteiger partial charge in [0.2, 0.25) is 0 Å². The van der Waals surface area contributed by atoms with Gasteiger partial charge in [-0.2, -0.15) is 5.10 Å². The fraction of sp³-hybridized carbons (Fsp3) is 0.474. The van der Waals surface area contributed by atoms with Crippen LogP contribution in [-0.4, -0.2) is 68.4 Å². The number of sulfone groups is 1. The number of rotatable bonds is 2. The fourth-order valence-corrected chi connectivity index (χ4v) is 6.03. The molecule has 2 saturated heterocycles. The summed E-state index contributed by atoms with van der Waals surface area (Å²) in [6.07, 6.45) is 0.802. The molecule has 1 N–H and O–H groups in total. The third kappa shape index (κ3) is 2.97. The first-order chi connectivity index (χ1) is 14.0. The van der Waals surface area contributed by atoms with E-state index < -0.39 is 21.4 Å². The number of nitrogens with zero attached hydrogens (tertiary/aromatic N) is 3. The summed E-state index contributed by atoms with van der Waals surface area (Å²) in [5.41, 5.74) is 1.34. The van der Waals surface area contributed by atoms with Gasteiger partial charge in [-0.3, -0.25) is 9.48 Å². The molecule has 0 saturated carbocycles. The average Bonchev–Trinajstić information content (AvgIpc) is 3.35. The lowest BCUT2D eigenvalue weighted by atomic mass is 10.0. The highest BCUT2D eigenvalue weighted by Gasteiger charge is 2.40. The highest BCUT2D eigenvalue weighted by Crippen LogP contribution is 2.42. The molecule has 1 aromatic carbocycles. The van der Waals surface area contributed by atoms with Crippen molar-refractivity contribution in [3.63, 3.8) is 0 Å². The van der Waals surface area contributed by atoms with Gasteiger partial charge >= 0.3 is 0 Å². The number of amides is 1. The third-order valence-corrected chi connectivity index (χ3v) is 7.46. The molecule has 1 amide bonds. The Morgan fingerprint density at radius 3 is 2.79 bits per heavy atom. The van der Waals surface area contributed by atoms with E-state index in [0.717, 1.165) is 19.0 Å². The summed E-state index contributed by atoms with van der Waals surface area (Å²) in [5, 5.41) is 7.87. The van der Waals surface area contributed by atoms with Crippen LogP contribution in [0.1, 0.15) is 28.5 Å². The molecule has 3 aliphatic heterocycles. The third-order valence-electron chi connectivity index (χ3n) is 5.76. The van der Waals surface area contributed by atoms with Gasteiger partial charge < -0.3 is 15.0 Å². The maximum absolute atomic E-state index is 14.5. The van der Waals surface area contributed by atoms with Crippen LogP contribution in [0, 0.1) is 5.82 Å². The van der Waals surface area contributed by atoms with E-state index in [9.17, 15) is 17.6 Å². The molecular formula is C19H21FN4O4S. The Bertz CT molecular complexity index is 1090. The number of hydrogen-bond donors (Lipinski definition) is 1. The van der Waals surface area contributed by atoms with E-state index in [1.807, 2.05) is 0 Å². The molecule has 0 spiro atoms. The molecule has 1 unspecified atom stereocenters. The summed E-state index contributed by atoms with van der Waals surface area (Å²) in [4.78, 5) is 14.5. The highest BCUT2D eigenvalue weighted by atomic mass is 32.2. The number of carbonyl (C=O) groups excluding carboxylic acids is 1. The quantitative estimate of drug-likeness (QED) is 0.779. The summed E-state index contributed by atoms with van der Waals surface area (Å²) in [7, 11) is -3.92. The van der Waals surface area contributed by atoms with Crippen LogP contribution in [0.3, 0.4) is 0 Å². The smallest absolute Gasteiger partial charge is 0.274 e. The molecule has 4 heterocycles. The molecule has 1 aromatic heterocycles. The second kappa shape index (κ2) is 6.89. The van der Waals surface area contributed by atoms with E-state index in [0.29, 0.717) is 44.1 Å². The number of carbonyl (C=O) groups is 1. The van der Waals surface area contributed by atoms with Gasteiger partial charge in [0.1, 0.15) is 10.7 Å². The van der Waals surface area contributed by atoms with Crippen LogP contribution in [0.5, 0.6) is 0 Å². The van der Waals surface area contributed by atoms with Crippen molar-refractivity contribution in [3.05, 3.63) is 35.3 Å². The van der Waals surface area contributed by atoms with Gasteiger partial charge in [-0.25, -0.2) is 12.8 Å². The predicted octanol–water partition coefficient (Wildman–Crippen LogP) is 0.983. The minimum absolute atomic E-state index is 0.0214. The zero-order valence-corrected chi connectivity index (χ0v) is 16.5. The topological polar surface area (TPSA) is 93.5 Å².